The number of β-amino-alcohol motifs (C(OH)–C–C–N with tert-alkyl or cyclic N) is 1. The van der Waals surface area contributed by atoms with Gasteiger partial charge in [-0.05, 0) is 48.3 Å². The summed E-state index contributed by atoms with van der Waals surface area (Å²) >= 11 is 5.98. The standard InChI is InChI=1S/C18H26ClN3O/c1-17(2)9-8-15(10-14-4-6-16(19)7-5-14)18(17,23)11-22-13-20-12-21(22)3/h4-7,13,15,23H,8-12H2,1-3H3. The van der Waals surface area contributed by atoms with E-state index in [4.69, 9.17) is 11.6 Å². The molecule has 1 saturated carbocycles. The van der Waals surface area contributed by atoms with Crippen molar-refractivity contribution in [2.75, 3.05) is 20.3 Å². The summed E-state index contributed by atoms with van der Waals surface area (Å²) in [6, 6.07) is 7.99. The molecule has 1 aliphatic heterocycles. The topological polar surface area (TPSA) is 39.1 Å². The molecule has 0 saturated heterocycles. The minimum absolute atomic E-state index is 0.110. The van der Waals surface area contributed by atoms with Crippen molar-refractivity contribution in [1.82, 2.24) is 10.0 Å². The first-order valence-electron chi connectivity index (χ1n) is 8.26. The summed E-state index contributed by atoms with van der Waals surface area (Å²) < 4.78 is 0. The number of hydrazine groups is 1. The highest BCUT2D eigenvalue weighted by atomic mass is 35.5. The first-order valence-corrected chi connectivity index (χ1v) is 8.64. The van der Waals surface area contributed by atoms with Crippen molar-refractivity contribution in [1.29, 1.82) is 0 Å². The molecule has 1 fully saturated rings. The Hall–Kier alpha value is -1.10. The smallest absolute Gasteiger partial charge is 0.110 e. The minimum Gasteiger partial charge on any atom is -0.387 e. The van der Waals surface area contributed by atoms with E-state index in [1.165, 1.54) is 5.56 Å². The number of hydrogen-bond donors (Lipinski definition) is 1. The van der Waals surface area contributed by atoms with Crippen LogP contribution in [0.25, 0.3) is 0 Å². The second-order valence-electron chi connectivity index (χ2n) is 7.57. The molecule has 2 atom stereocenters. The molecule has 1 aromatic rings. The first-order chi connectivity index (χ1) is 10.8. The molecule has 1 aliphatic carbocycles. The Labute approximate surface area is 143 Å². The number of halogens is 1. The van der Waals surface area contributed by atoms with Gasteiger partial charge in [-0.1, -0.05) is 37.6 Å². The summed E-state index contributed by atoms with van der Waals surface area (Å²) in [4.78, 5) is 4.29. The van der Waals surface area contributed by atoms with Crippen LogP contribution in [0.4, 0.5) is 0 Å². The summed E-state index contributed by atoms with van der Waals surface area (Å²) in [5, 5.41) is 16.5. The van der Waals surface area contributed by atoms with Gasteiger partial charge >= 0.3 is 0 Å². The van der Waals surface area contributed by atoms with Crippen molar-refractivity contribution in [3.63, 3.8) is 0 Å². The Morgan fingerprint density at radius 1 is 1.30 bits per heavy atom. The molecule has 2 aliphatic rings. The van der Waals surface area contributed by atoms with Gasteiger partial charge in [0.2, 0.25) is 0 Å². The van der Waals surface area contributed by atoms with E-state index in [0.717, 1.165) is 24.3 Å². The average Bonchev–Trinajstić information content (AvgIpc) is 2.98. The number of nitrogens with zero attached hydrogens (tertiary/aromatic N) is 3. The van der Waals surface area contributed by atoms with Crippen LogP contribution >= 0.6 is 11.6 Å². The summed E-state index contributed by atoms with van der Waals surface area (Å²) in [6.45, 7) is 5.63. The van der Waals surface area contributed by atoms with Crippen LogP contribution in [0.1, 0.15) is 32.3 Å². The third-order valence-corrected chi connectivity index (χ3v) is 5.96. The van der Waals surface area contributed by atoms with E-state index in [9.17, 15) is 5.11 Å². The highest BCUT2D eigenvalue weighted by molar-refractivity contribution is 6.30. The van der Waals surface area contributed by atoms with Gasteiger partial charge in [-0.15, -0.1) is 0 Å². The highest BCUT2D eigenvalue weighted by Crippen LogP contribution is 2.51. The predicted molar refractivity (Wildman–Crippen MR) is 94.4 cm³/mol. The molecule has 5 heteroatoms. The number of hydrogen-bond acceptors (Lipinski definition) is 4. The summed E-state index contributed by atoms with van der Waals surface area (Å²) in [6.07, 6.45) is 4.80. The Morgan fingerprint density at radius 2 is 2.00 bits per heavy atom. The summed E-state index contributed by atoms with van der Waals surface area (Å²) in [7, 11) is 2.01. The van der Waals surface area contributed by atoms with Gasteiger partial charge in [0.05, 0.1) is 12.1 Å². The van der Waals surface area contributed by atoms with Crippen LogP contribution in [0.5, 0.6) is 0 Å². The van der Waals surface area contributed by atoms with Crippen LogP contribution < -0.4 is 0 Å². The molecule has 1 aromatic carbocycles. The van der Waals surface area contributed by atoms with E-state index in [0.29, 0.717) is 13.2 Å². The van der Waals surface area contributed by atoms with Crippen molar-refractivity contribution < 1.29 is 5.11 Å². The fourth-order valence-corrected chi connectivity index (χ4v) is 4.01. The zero-order valence-corrected chi connectivity index (χ0v) is 14.9. The maximum atomic E-state index is 11.6. The lowest BCUT2D eigenvalue weighted by Crippen LogP contribution is -2.55. The zero-order chi connectivity index (χ0) is 16.7. The molecule has 2 unspecified atom stereocenters. The Kier molecular flexibility index (Phi) is 4.43. The SMILES string of the molecule is CN1CN=CN1CC1(O)C(Cc2ccc(Cl)cc2)CCC1(C)C. The Bertz CT molecular complexity index is 586. The van der Waals surface area contributed by atoms with Gasteiger partial charge in [0.1, 0.15) is 13.0 Å². The monoisotopic (exact) mass is 335 g/mol. The van der Waals surface area contributed by atoms with Crippen LogP contribution in [0, 0.1) is 11.3 Å². The molecule has 23 heavy (non-hydrogen) atoms. The van der Waals surface area contributed by atoms with Crippen LogP contribution in [0.2, 0.25) is 5.02 Å². The van der Waals surface area contributed by atoms with Crippen LogP contribution in [0.15, 0.2) is 29.3 Å². The maximum absolute atomic E-state index is 11.6. The van der Waals surface area contributed by atoms with Crippen LogP contribution in [-0.2, 0) is 6.42 Å². The van der Waals surface area contributed by atoms with Gasteiger partial charge in [-0.25, -0.2) is 5.01 Å². The fourth-order valence-electron chi connectivity index (χ4n) is 3.89. The Balaban J connectivity index is 1.80. The van der Waals surface area contributed by atoms with Gasteiger partial charge in [-0.2, -0.15) is 0 Å². The highest BCUT2D eigenvalue weighted by Gasteiger charge is 2.54. The minimum atomic E-state index is -0.739. The number of benzene rings is 1. The quantitative estimate of drug-likeness (QED) is 0.918. The predicted octanol–water partition coefficient (Wildman–Crippen LogP) is 3.20. The third kappa shape index (κ3) is 3.12. The van der Waals surface area contributed by atoms with Crippen LogP contribution in [-0.4, -0.2) is 47.3 Å². The van der Waals surface area contributed by atoms with E-state index in [1.54, 1.807) is 0 Å². The molecule has 0 spiro atoms. The van der Waals surface area contributed by atoms with E-state index in [1.807, 2.05) is 35.5 Å². The molecule has 3 rings (SSSR count). The van der Waals surface area contributed by atoms with Gasteiger partial charge in [-0.3, -0.25) is 10.0 Å². The van der Waals surface area contributed by atoms with Crippen LogP contribution in [0.3, 0.4) is 0 Å². The summed E-state index contributed by atoms with van der Waals surface area (Å²) in [5.74, 6) is 0.237. The van der Waals surface area contributed by atoms with Gasteiger partial charge in [0.25, 0.3) is 0 Å². The first kappa shape index (κ1) is 16.7. The second kappa shape index (κ2) is 6.08. The number of aliphatic hydroxyl groups is 1. The van der Waals surface area contributed by atoms with Gasteiger partial charge in [0, 0.05) is 12.1 Å². The molecule has 0 bridgehead atoms. The molecule has 4 nitrogen and oxygen atoms in total. The van der Waals surface area contributed by atoms with Gasteiger partial charge in [0.15, 0.2) is 0 Å². The molecule has 1 N–H and O–H groups in total. The molecular weight excluding hydrogens is 310 g/mol. The molecule has 0 radical (unpaired) electrons. The molecule has 126 valence electrons. The van der Waals surface area contributed by atoms with E-state index >= 15 is 0 Å². The van der Waals surface area contributed by atoms with Crippen molar-refractivity contribution in [3.05, 3.63) is 34.9 Å². The second-order valence-corrected chi connectivity index (χ2v) is 8.01. The van der Waals surface area contributed by atoms with Crippen molar-refractivity contribution in [2.45, 2.75) is 38.7 Å². The molecule has 1 heterocycles. The largest absolute Gasteiger partial charge is 0.387 e. The number of rotatable bonds is 4. The van der Waals surface area contributed by atoms with Crippen molar-refractivity contribution >= 4 is 17.9 Å². The molecule has 0 amide bonds. The normalized spacial score (nSPS) is 30.3. The van der Waals surface area contributed by atoms with E-state index < -0.39 is 5.60 Å². The lowest BCUT2D eigenvalue weighted by Gasteiger charge is -2.44. The van der Waals surface area contributed by atoms with Crippen molar-refractivity contribution in [3.8, 4) is 0 Å². The lowest BCUT2D eigenvalue weighted by atomic mass is 9.72. The van der Waals surface area contributed by atoms with Crippen molar-refractivity contribution in [2.24, 2.45) is 16.3 Å². The zero-order valence-electron chi connectivity index (χ0n) is 14.2. The molecule has 0 aromatic heterocycles. The fraction of sp³-hybridized carbons (Fsp3) is 0.611. The maximum Gasteiger partial charge on any atom is 0.110 e. The average molecular weight is 336 g/mol. The summed E-state index contributed by atoms with van der Waals surface area (Å²) in [5.41, 5.74) is 0.387. The number of aliphatic imine (C=N–C) groups is 1. The lowest BCUT2D eigenvalue weighted by molar-refractivity contribution is -0.109. The van der Waals surface area contributed by atoms with E-state index in [-0.39, 0.29) is 11.3 Å². The Morgan fingerprint density at radius 3 is 2.61 bits per heavy atom. The third-order valence-electron chi connectivity index (χ3n) is 5.70. The van der Waals surface area contributed by atoms with Gasteiger partial charge < -0.3 is 5.11 Å². The molecular formula is C18H26ClN3O. The van der Waals surface area contributed by atoms with E-state index in [2.05, 4.69) is 31.0 Å².